The fourth-order valence-electron chi connectivity index (χ4n) is 3.20. The van der Waals surface area contributed by atoms with E-state index in [-0.39, 0.29) is 0 Å². The maximum absolute atomic E-state index is 3.62. The van der Waals surface area contributed by atoms with Gasteiger partial charge >= 0.3 is 0 Å². The molecule has 1 aliphatic carbocycles. The molecule has 2 fully saturated rings. The summed E-state index contributed by atoms with van der Waals surface area (Å²) in [6, 6.07) is 1.67. The molecule has 0 spiro atoms. The Morgan fingerprint density at radius 3 is 2.28 bits per heavy atom. The number of piperidine rings is 1. The van der Waals surface area contributed by atoms with E-state index in [1.165, 1.54) is 58.2 Å². The lowest BCUT2D eigenvalue weighted by molar-refractivity contribution is 0.116. The Morgan fingerprint density at radius 1 is 1.06 bits per heavy atom. The smallest absolute Gasteiger partial charge is 0.00682 e. The van der Waals surface area contributed by atoms with Gasteiger partial charge in [0.25, 0.3) is 0 Å². The van der Waals surface area contributed by atoms with Crippen LogP contribution in [0, 0.1) is 11.8 Å². The Balaban J connectivity index is 1.56. The van der Waals surface area contributed by atoms with E-state index in [0.29, 0.717) is 0 Å². The van der Waals surface area contributed by atoms with Gasteiger partial charge in [0.1, 0.15) is 0 Å². The fraction of sp³-hybridized carbons (Fsp3) is 1.00. The third-order valence-electron chi connectivity index (χ3n) is 4.95. The highest BCUT2D eigenvalue weighted by Crippen LogP contribution is 2.26. The van der Waals surface area contributed by atoms with Crippen LogP contribution in [0.25, 0.3) is 0 Å². The van der Waals surface area contributed by atoms with Crippen LogP contribution in [0.15, 0.2) is 0 Å². The van der Waals surface area contributed by atoms with E-state index in [4.69, 9.17) is 0 Å². The fourth-order valence-corrected chi connectivity index (χ4v) is 3.20. The number of nitrogens with zero attached hydrogens (tertiary/aromatic N) is 1. The first-order valence-corrected chi connectivity index (χ1v) is 8.14. The molecule has 1 N–H and O–H groups in total. The highest BCUT2D eigenvalue weighted by molar-refractivity contribution is 4.81. The predicted octanol–water partition coefficient (Wildman–Crippen LogP) is 3.28. The maximum Gasteiger partial charge on any atom is 0.00682 e. The molecule has 1 atom stereocenters. The molecule has 0 amide bonds. The summed E-state index contributed by atoms with van der Waals surface area (Å²) in [6.45, 7) is 11.1. The monoisotopic (exact) mass is 252 g/mol. The lowest BCUT2D eigenvalue weighted by Crippen LogP contribution is -2.41. The summed E-state index contributed by atoms with van der Waals surface area (Å²) in [6.07, 6.45) is 8.38. The average molecular weight is 252 g/mol. The molecular weight excluding hydrogens is 220 g/mol. The van der Waals surface area contributed by atoms with Crippen LogP contribution < -0.4 is 5.32 Å². The molecule has 1 aliphatic heterocycles. The number of rotatable bonds is 7. The standard InChI is InChI=1S/C16H32N2/c1-13(2)15-8-11-18(12-9-15)14(3)5-4-10-17-16-6-7-16/h13-17H,4-12H2,1-3H3. The van der Waals surface area contributed by atoms with Crippen molar-refractivity contribution in [2.75, 3.05) is 19.6 Å². The number of likely N-dealkylation sites (tertiary alicyclic amines) is 1. The van der Waals surface area contributed by atoms with Gasteiger partial charge in [-0.15, -0.1) is 0 Å². The second-order valence-corrected chi connectivity index (χ2v) is 6.84. The maximum atomic E-state index is 3.62. The summed E-state index contributed by atoms with van der Waals surface area (Å²) in [7, 11) is 0. The van der Waals surface area contributed by atoms with Crippen LogP contribution in [0.4, 0.5) is 0 Å². The van der Waals surface area contributed by atoms with Crippen LogP contribution >= 0.6 is 0 Å². The first-order chi connectivity index (χ1) is 8.66. The summed E-state index contributed by atoms with van der Waals surface area (Å²) in [5.41, 5.74) is 0. The van der Waals surface area contributed by atoms with Gasteiger partial charge in [-0.1, -0.05) is 13.8 Å². The highest BCUT2D eigenvalue weighted by Gasteiger charge is 2.24. The van der Waals surface area contributed by atoms with Gasteiger partial charge in [0, 0.05) is 12.1 Å². The molecule has 1 unspecified atom stereocenters. The Bertz CT molecular complexity index is 227. The molecule has 1 heterocycles. The molecule has 1 saturated heterocycles. The summed E-state index contributed by atoms with van der Waals surface area (Å²) in [5.74, 6) is 1.86. The molecule has 2 heteroatoms. The lowest BCUT2D eigenvalue weighted by atomic mass is 9.86. The van der Waals surface area contributed by atoms with Crippen LogP contribution in [0.3, 0.4) is 0 Å². The first kappa shape index (κ1) is 14.3. The third kappa shape index (κ3) is 4.55. The minimum Gasteiger partial charge on any atom is -0.314 e. The van der Waals surface area contributed by atoms with Crippen molar-refractivity contribution >= 4 is 0 Å². The molecule has 106 valence electrons. The molecule has 2 aliphatic rings. The molecule has 18 heavy (non-hydrogen) atoms. The van der Waals surface area contributed by atoms with Gasteiger partial charge in [-0.25, -0.2) is 0 Å². The van der Waals surface area contributed by atoms with Crippen molar-refractivity contribution in [2.24, 2.45) is 11.8 Å². The van der Waals surface area contributed by atoms with Crippen molar-refractivity contribution in [3.05, 3.63) is 0 Å². The molecule has 0 aromatic heterocycles. The summed E-state index contributed by atoms with van der Waals surface area (Å²) < 4.78 is 0. The van der Waals surface area contributed by atoms with Crippen LogP contribution in [0.5, 0.6) is 0 Å². The minimum atomic E-state index is 0.791. The second-order valence-electron chi connectivity index (χ2n) is 6.84. The van der Waals surface area contributed by atoms with E-state index in [0.717, 1.165) is 23.9 Å². The van der Waals surface area contributed by atoms with Crippen molar-refractivity contribution < 1.29 is 0 Å². The zero-order chi connectivity index (χ0) is 13.0. The van der Waals surface area contributed by atoms with E-state index < -0.39 is 0 Å². The van der Waals surface area contributed by atoms with Gasteiger partial charge in [-0.2, -0.15) is 0 Å². The summed E-state index contributed by atoms with van der Waals surface area (Å²) in [5, 5.41) is 3.62. The van der Waals surface area contributed by atoms with Crippen molar-refractivity contribution in [2.45, 2.75) is 71.4 Å². The molecule has 0 aromatic carbocycles. The summed E-state index contributed by atoms with van der Waals surface area (Å²) in [4.78, 5) is 2.72. The quantitative estimate of drug-likeness (QED) is 0.700. The molecule has 2 nitrogen and oxygen atoms in total. The topological polar surface area (TPSA) is 15.3 Å². The van der Waals surface area contributed by atoms with Crippen LogP contribution in [0.2, 0.25) is 0 Å². The van der Waals surface area contributed by atoms with Crippen LogP contribution in [0.1, 0.15) is 59.3 Å². The van der Waals surface area contributed by atoms with Crippen molar-refractivity contribution in [1.29, 1.82) is 0 Å². The molecule has 0 radical (unpaired) electrons. The van der Waals surface area contributed by atoms with Gasteiger partial charge in [-0.3, -0.25) is 0 Å². The van der Waals surface area contributed by atoms with Crippen molar-refractivity contribution in [3.63, 3.8) is 0 Å². The molecule has 0 bridgehead atoms. The normalized spacial score (nSPS) is 24.7. The predicted molar refractivity (Wildman–Crippen MR) is 78.9 cm³/mol. The Kier molecular flexibility index (Phi) is 5.50. The molecule has 1 saturated carbocycles. The van der Waals surface area contributed by atoms with E-state index in [1.54, 1.807) is 0 Å². The van der Waals surface area contributed by atoms with Gasteiger partial charge in [0.15, 0.2) is 0 Å². The highest BCUT2D eigenvalue weighted by atomic mass is 15.2. The van der Waals surface area contributed by atoms with Gasteiger partial charge < -0.3 is 10.2 Å². The second kappa shape index (κ2) is 6.91. The molecule has 0 aromatic rings. The zero-order valence-corrected chi connectivity index (χ0v) is 12.6. The van der Waals surface area contributed by atoms with Gasteiger partial charge in [0.05, 0.1) is 0 Å². The van der Waals surface area contributed by atoms with Crippen molar-refractivity contribution in [1.82, 2.24) is 10.2 Å². The van der Waals surface area contributed by atoms with Crippen LogP contribution in [-0.2, 0) is 0 Å². The Labute approximate surface area is 114 Å². The van der Waals surface area contributed by atoms with E-state index in [9.17, 15) is 0 Å². The Morgan fingerprint density at radius 2 is 1.72 bits per heavy atom. The summed E-state index contributed by atoms with van der Waals surface area (Å²) >= 11 is 0. The van der Waals surface area contributed by atoms with Gasteiger partial charge in [0.2, 0.25) is 0 Å². The number of nitrogens with one attached hydrogen (secondary N) is 1. The number of hydrogen-bond acceptors (Lipinski definition) is 2. The average Bonchev–Trinajstić information content (AvgIpc) is 3.18. The van der Waals surface area contributed by atoms with Crippen molar-refractivity contribution in [3.8, 4) is 0 Å². The zero-order valence-electron chi connectivity index (χ0n) is 12.6. The third-order valence-corrected chi connectivity index (χ3v) is 4.95. The number of hydrogen-bond donors (Lipinski definition) is 1. The van der Waals surface area contributed by atoms with E-state index in [1.807, 2.05) is 0 Å². The van der Waals surface area contributed by atoms with E-state index in [2.05, 4.69) is 31.0 Å². The molecule has 2 rings (SSSR count). The molecular formula is C16H32N2. The SMILES string of the molecule is CC(C)C1CCN(C(C)CCCNC2CC2)CC1. The largest absolute Gasteiger partial charge is 0.314 e. The van der Waals surface area contributed by atoms with Crippen LogP contribution in [-0.4, -0.2) is 36.6 Å². The lowest BCUT2D eigenvalue weighted by Gasteiger charge is -2.37. The Hall–Kier alpha value is -0.0800. The van der Waals surface area contributed by atoms with E-state index >= 15 is 0 Å². The minimum absolute atomic E-state index is 0.791. The van der Waals surface area contributed by atoms with Gasteiger partial charge in [-0.05, 0) is 76.9 Å². The first-order valence-electron chi connectivity index (χ1n) is 8.14.